The summed E-state index contributed by atoms with van der Waals surface area (Å²) in [6.07, 6.45) is 5.91. The van der Waals surface area contributed by atoms with Gasteiger partial charge in [0.1, 0.15) is 0 Å². The number of piperidine rings is 2. The predicted molar refractivity (Wildman–Crippen MR) is 76.7 cm³/mol. The zero-order valence-electron chi connectivity index (χ0n) is 12.7. The Morgan fingerprint density at radius 1 is 0.944 bits per heavy atom. The number of hydrogen-bond acceptors (Lipinski definition) is 2. The van der Waals surface area contributed by atoms with E-state index in [1.807, 2.05) is 0 Å². The van der Waals surface area contributed by atoms with Crippen LogP contribution in [0.15, 0.2) is 0 Å². The summed E-state index contributed by atoms with van der Waals surface area (Å²) in [5, 5.41) is 0. The van der Waals surface area contributed by atoms with Crippen molar-refractivity contribution in [3.63, 3.8) is 0 Å². The Morgan fingerprint density at radius 2 is 1.61 bits per heavy atom. The summed E-state index contributed by atoms with van der Waals surface area (Å²) in [4.78, 5) is 5.29. The Labute approximate surface area is 113 Å². The van der Waals surface area contributed by atoms with E-state index in [0.717, 1.165) is 23.8 Å². The summed E-state index contributed by atoms with van der Waals surface area (Å²) in [5.41, 5.74) is 0.375. The highest BCUT2D eigenvalue weighted by molar-refractivity contribution is 4.99. The molecule has 3 rings (SSSR count). The van der Waals surface area contributed by atoms with Crippen LogP contribution < -0.4 is 0 Å². The predicted octanol–water partition coefficient (Wildman–Crippen LogP) is 2.84. The highest BCUT2D eigenvalue weighted by atomic mass is 15.2. The van der Waals surface area contributed by atoms with Crippen LogP contribution in [0.4, 0.5) is 0 Å². The van der Waals surface area contributed by atoms with E-state index in [9.17, 15) is 0 Å². The van der Waals surface area contributed by atoms with Crippen LogP contribution in [0.5, 0.6) is 0 Å². The molecule has 104 valence electrons. The number of likely N-dealkylation sites (tertiary alicyclic amines) is 2. The number of hydrogen-bond donors (Lipinski definition) is 0. The molecule has 0 aromatic heterocycles. The lowest BCUT2D eigenvalue weighted by molar-refractivity contribution is 0.0521. The second-order valence-corrected chi connectivity index (χ2v) is 7.98. The van der Waals surface area contributed by atoms with E-state index in [0.29, 0.717) is 5.54 Å². The standard InChI is InChI=1S/C16H30N2/c1-16(2,3)18-7-5-12(6-8-18)15-10-14-9-13(15)11-17(14)4/h12-15H,5-11H2,1-4H3/t13-,14-,15?/m0/s1. The lowest BCUT2D eigenvalue weighted by Gasteiger charge is -2.44. The molecule has 0 aromatic carbocycles. The zero-order chi connectivity index (χ0) is 12.9. The van der Waals surface area contributed by atoms with Crippen molar-refractivity contribution >= 4 is 0 Å². The van der Waals surface area contributed by atoms with Crippen molar-refractivity contribution in [2.45, 2.75) is 58.0 Å². The van der Waals surface area contributed by atoms with Gasteiger partial charge >= 0.3 is 0 Å². The zero-order valence-corrected chi connectivity index (χ0v) is 12.7. The summed E-state index contributed by atoms with van der Waals surface area (Å²) in [7, 11) is 2.32. The molecule has 2 heterocycles. The van der Waals surface area contributed by atoms with Gasteiger partial charge in [0.25, 0.3) is 0 Å². The highest BCUT2D eigenvalue weighted by Gasteiger charge is 2.46. The van der Waals surface area contributed by atoms with E-state index in [-0.39, 0.29) is 0 Å². The van der Waals surface area contributed by atoms with Crippen LogP contribution in [-0.2, 0) is 0 Å². The molecule has 0 N–H and O–H groups in total. The molecule has 1 saturated carbocycles. The fourth-order valence-electron chi connectivity index (χ4n) is 4.79. The number of nitrogens with zero attached hydrogens (tertiary/aromatic N) is 2. The first kappa shape index (κ1) is 12.9. The van der Waals surface area contributed by atoms with Crippen LogP contribution in [0.25, 0.3) is 0 Å². The van der Waals surface area contributed by atoms with E-state index in [1.165, 1.54) is 45.3 Å². The van der Waals surface area contributed by atoms with Crippen molar-refractivity contribution in [2.24, 2.45) is 17.8 Å². The molecule has 2 heteroatoms. The van der Waals surface area contributed by atoms with Gasteiger partial charge in [0.2, 0.25) is 0 Å². The van der Waals surface area contributed by atoms with Gasteiger partial charge < -0.3 is 4.90 Å². The maximum atomic E-state index is 2.68. The topological polar surface area (TPSA) is 6.48 Å². The fourth-order valence-corrected chi connectivity index (χ4v) is 4.79. The van der Waals surface area contributed by atoms with Gasteiger partial charge in [-0.1, -0.05) is 0 Å². The van der Waals surface area contributed by atoms with Gasteiger partial charge in [-0.25, -0.2) is 0 Å². The van der Waals surface area contributed by atoms with E-state index in [2.05, 4.69) is 37.6 Å². The van der Waals surface area contributed by atoms with Crippen molar-refractivity contribution in [1.29, 1.82) is 0 Å². The molecule has 0 radical (unpaired) electrons. The van der Waals surface area contributed by atoms with E-state index < -0.39 is 0 Å². The molecule has 3 aliphatic rings. The van der Waals surface area contributed by atoms with E-state index in [1.54, 1.807) is 0 Å². The fraction of sp³-hybridized carbons (Fsp3) is 1.00. The van der Waals surface area contributed by atoms with Gasteiger partial charge in [-0.05, 0) is 84.3 Å². The first-order chi connectivity index (χ1) is 8.45. The summed E-state index contributed by atoms with van der Waals surface area (Å²) < 4.78 is 0. The van der Waals surface area contributed by atoms with Gasteiger partial charge in [-0.2, -0.15) is 0 Å². The maximum Gasteiger partial charge on any atom is 0.0125 e. The minimum atomic E-state index is 0.375. The van der Waals surface area contributed by atoms with Crippen LogP contribution >= 0.6 is 0 Å². The molecule has 3 fully saturated rings. The van der Waals surface area contributed by atoms with Crippen molar-refractivity contribution < 1.29 is 0 Å². The maximum absolute atomic E-state index is 2.68. The summed E-state index contributed by atoms with van der Waals surface area (Å²) >= 11 is 0. The first-order valence-electron chi connectivity index (χ1n) is 7.90. The Bertz CT molecular complexity index is 297. The van der Waals surface area contributed by atoms with Crippen molar-refractivity contribution in [3.05, 3.63) is 0 Å². The second-order valence-electron chi connectivity index (χ2n) is 7.98. The molecule has 0 amide bonds. The SMILES string of the molecule is CN1C[C@@H]2C[C@H]1CC2C1CCN(C(C)(C)C)CC1. The Kier molecular flexibility index (Phi) is 3.22. The van der Waals surface area contributed by atoms with Crippen LogP contribution in [0.1, 0.15) is 46.5 Å². The first-order valence-corrected chi connectivity index (χ1v) is 7.90. The molecule has 0 aromatic rings. The molecule has 2 nitrogen and oxygen atoms in total. The minimum absolute atomic E-state index is 0.375. The molecular formula is C16H30N2. The average Bonchev–Trinajstić information content (AvgIpc) is 2.86. The smallest absolute Gasteiger partial charge is 0.0125 e. The van der Waals surface area contributed by atoms with Gasteiger partial charge in [0.15, 0.2) is 0 Å². The van der Waals surface area contributed by atoms with Crippen LogP contribution in [0, 0.1) is 17.8 Å². The van der Waals surface area contributed by atoms with Crippen molar-refractivity contribution in [2.75, 3.05) is 26.7 Å². The monoisotopic (exact) mass is 250 g/mol. The van der Waals surface area contributed by atoms with Crippen LogP contribution in [-0.4, -0.2) is 48.1 Å². The molecule has 2 saturated heterocycles. The van der Waals surface area contributed by atoms with Crippen LogP contribution in [0.3, 0.4) is 0 Å². The Hall–Kier alpha value is -0.0800. The number of fused-ring (bicyclic) bond motifs is 2. The highest BCUT2D eigenvalue weighted by Crippen LogP contribution is 2.47. The molecule has 2 bridgehead atoms. The summed E-state index contributed by atoms with van der Waals surface area (Å²) in [6.45, 7) is 11.1. The largest absolute Gasteiger partial charge is 0.303 e. The third-order valence-electron chi connectivity index (χ3n) is 5.96. The third-order valence-corrected chi connectivity index (χ3v) is 5.96. The average molecular weight is 250 g/mol. The van der Waals surface area contributed by atoms with Gasteiger partial charge in [-0.3, -0.25) is 4.90 Å². The van der Waals surface area contributed by atoms with Crippen molar-refractivity contribution in [1.82, 2.24) is 9.80 Å². The number of rotatable bonds is 1. The lowest BCUT2D eigenvalue weighted by Crippen LogP contribution is -2.48. The van der Waals surface area contributed by atoms with Gasteiger partial charge in [-0.15, -0.1) is 0 Å². The van der Waals surface area contributed by atoms with E-state index in [4.69, 9.17) is 0 Å². The molecule has 18 heavy (non-hydrogen) atoms. The van der Waals surface area contributed by atoms with Gasteiger partial charge in [0.05, 0.1) is 0 Å². The van der Waals surface area contributed by atoms with E-state index >= 15 is 0 Å². The Balaban J connectivity index is 1.55. The van der Waals surface area contributed by atoms with Crippen molar-refractivity contribution in [3.8, 4) is 0 Å². The van der Waals surface area contributed by atoms with Crippen LogP contribution in [0.2, 0.25) is 0 Å². The second kappa shape index (κ2) is 4.49. The molecule has 1 unspecified atom stereocenters. The molecule has 1 aliphatic carbocycles. The third kappa shape index (κ3) is 2.22. The molecule has 2 aliphatic heterocycles. The molecular weight excluding hydrogens is 220 g/mol. The quantitative estimate of drug-likeness (QED) is 0.706. The summed E-state index contributed by atoms with van der Waals surface area (Å²) in [6, 6.07) is 0.931. The summed E-state index contributed by atoms with van der Waals surface area (Å²) in [5.74, 6) is 3.13. The lowest BCUT2D eigenvalue weighted by atomic mass is 9.77. The minimum Gasteiger partial charge on any atom is -0.303 e. The molecule has 0 spiro atoms. The molecule has 3 atom stereocenters. The Morgan fingerprint density at radius 3 is 2.06 bits per heavy atom. The normalized spacial score (nSPS) is 39.7. The van der Waals surface area contributed by atoms with Gasteiger partial charge in [0, 0.05) is 18.1 Å².